The monoisotopic (exact) mass is 1150 g/mol. The smallest absolute Gasteiger partial charge is 0.0654 e. The normalized spacial score (nSPS) is 12.7. The van der Waals surface area contributed by atoms with Crippen LogP contribution in [0.15, 0.2) is 59.7 Å². The summed E-state index contributed by atoms with van der Waals surface area (Å²) in [6.45, 7) is 13.6. The SMILES string of the molecule is CCCCCCC1=C(c2ccc(CC)cc2)[N+](=[N-])C(c2cccc(CCCC)c2)=C1CCCCC.CCCCCCCCCCCCCCCCCCCCC[CH2][Ni][CH2]CCCCCCCCCCCCCCCCCCCCC. The molecule has 0 saturated heterocycles. The summed E-state index contributed by atoms with van der Waals surface area (Å²) in [4.78, 5) is 0. The predicted octanol–water partition coefficient (Wildman–Crippen LogP) is 27.9. The van der Waals surface area contributed by atoms with Gasteiger partial charge in [-0.25, -0.2) is 4.70 Å². The van der Waals surface area contributed by atoms with Crippen molar-refractivity contribution in [2.75, 3.05) is 0 Å². The summed E-state index contributed by atoms with van der Waals surface area (Å²) in [5.74, 6) is 0. The van der Waals surface area contributed by atoms with E-state index in [4.69, 9.17) is 0 Å². The molecule has 2 aromatic rings. The molecule has 0 aromatic heterocycles. The Bertz CT molecular complexity index is 1690. The zero-order valence-corrected chi connectivity index (χ0v) is 55.7. The van der Waals surface area contributed by atoms with Gasteiger partial charge >= 0.3 is 166 Å². The van der Waals surface area contributed by atoms with Crippen molar-refractivity contribution in [1.82, 2.24) is 0 Å². The van der Waals surface area contributed by atoms with Gasteiger partial charge in [-0.15, -0.1) is 0 Å². The fraction of sp³-hybridized carbons (Fsp3) is 0.792. The maximum absolute atomic E-state index is 11.8. The van der Waals surface area contributed by atoms with E-state index in [2.05, 4.69) is 90.1 Å². The van der Waals surface area contributed by atoms with Gasteiger partial charge in [0, 0.05) is 22.3 Å². The molecule has 0 spiro atoms. The van der Waals surface area contributed by atoms with E-state index in [0.29, 0.717) is 0 Å². The van der Waals surface area contributed by atoms with Crippen LogP contribution in [0.4, 0.5) is 0 Å². The topological polar surface area (TPSA) is 25.3 Å². The van der Waals surface area contributed by atoms with Gasteiger partial charge in [0.25, 0.3) is 0 Å². The van der Waals surface area contributed by atoms with Gasteiger partial charge in [0.1, 0.15) is 0 Å². The second-order valence-electron chi connectivity index (χ2n) is 25.0. The minimum absolute atomic E-state index is 1.00. The number of rotatable bonds is 57. The quantitative estimate of drug-likeness (QED) is 0.0358. The summed E-state index contributed by atoms with van der Waals surface area (Å²) in [6, 6.07) is 17.7. The van der Waals surface area contributed by atoms with Crippen molar-refractivity contribution in [3.63, 3.8) is 0 Å². The molecule has 0 fully saturated rings. The van der Waals surface area contributed by atoms with Gasteiger partial charge < -0.3 is 5.53 Å². The minimum Gasteiger partial charge on any atom is -0.0654 e. The van der Waals surface area contributed by atoms with Gasteiger partial charge in [-0.1, -0.05) is 220 Å². The Balaban J connectivity index is 0.000000561. The molecular weight excluding hydrogens is 1010 g/mol. The third-order valence-electron chi connectivity index (χ3n) is 17.5. The van der Waals surface area contributed by atoms with Crippen molar-refractivity contribution >= 4 is 11.4 Å². The molecule has 464 valence electrons. The fourth-order valence-electron chi connectivity index (χ4n) is 12.1. The summed E-state index contributed by atoms with van der Waals surface area (Å²) in [7, 11) is 0. The Labute approximate surface area is 507 Å². The third-order valence-corrected chi connectivity index (χ3v) is 18.9. The van der Waals surface area contributed by atoms with Crippen LogP contribution in [0.2, 0.25) is 10.8 Å². The van der Waals surface area contributed by atoms with Crippen molar-refractivity contribution in [2.45, 2.75) is 393 Å². The Hall–Kier alpha value is -1.99. The van der Waals surface area contributed by atoms with Crippen LogP contribution < -0.4 is 0 Å². The van der Waals surface area contributed by atoms with E-state index in [9.17, 15) is 5.53 Å². The average Bonchev–Trinajstić information content (AvgIpc) is 3.81. The van der Waals surface area contributed by atoms with Crippen LogP contribution in [0, 0.1) is 0 Å². The van der Waals surface area contributed by atoms with Crippen LogP contribution in [-0.4, -0.2) is 4.70 Å². The number of unbranched alkanes of at least 4 members (excludes halogenated alkanes) is 44. The predicted molar refractivity (Wildman–Crippen MR) is 357 cm³/mol. The zero-order valence-electron chi connectivity index (χ0n) is 54.7. The summed E-state index contributed by atoms with van der Waals surface area (Å²) < 4.78 is 1.54. The molecule has 0 bridgehead atoms. The standard InChI is InChI=1S/C33H46N2.2C22H45.Ni/c1-5-9-12-14-20-30-31(19-13-10-6-2)33(29-18-15-17-27(25-29)16-11-7-3)35(34)32(30)28-23-21-26(8-4)22-24-28;2*1-3-5-7-9-11-13-15-17-19-21-22-20-18-16-14-12-10-8-6-4-2;/h15,17-18,21-25H,5-14,16,19-20H2,1-4H3;2*1,3-22H2,2H3;. The Morgan fingerprint density at radius 2 is 0.588 bits per heavy atom. The van der Waals surface area contributed by atoms with Gasteiger partial charge in [0.05, 0.1) is 0 Å². The molecule has 0 atom stereocenters. The molecule has 1 aliphatic heterocycles. The van der Waals surface area contributed by atoms with E-state index in [1.807, 2.05) is 14.4 Å². The van der Waals surface area contributed by atoms with Crippen molar-refractivity contribution in [3.8, 4) is 0 Å². The molecule has 2 aromatic carbocycles. The molecule has 0 amide bonds. The van der Waals surface area contributed by atoms with Crippen LogP contribution >= 0.6 is 0 Å². The van der Waals surface area contributed by atoms with Crippen molar-refractivity contribution in [1.29, 1.82) is 0 Å². The van der Waals surface area contributed by atoms with Gasteiger partial charge in [0.2, 0.25) is 11.4 Å². The number of aryl methyl sites for hydroxylation is 2. The van der Waals surface area contributed by atoms with Crippen molar-refractivity contribution < 1.29 is 19.1 Å². The average molecular weight is 1150 g/mol. The minimum atomic E-state index is 1.00. The van der Waals surface area contributed by atoms with Crippen LogP contribution in [0.5, 0.6) is 0 Å². The fourth-order valence-corrected chi connectivity index (χ4v) is 13.4. The molecule has 80 heavy (non-hydrogen) atoms. The summed E-state index contributed by atoms with van der Waals surface area (Å²) in [5.41, 5.74) is 21.5. The molecule has 0 N–H and O–H groups in total. The first-order valence-electron chi connectivity index (χ1n) is 36.1. The number of allylic oxidation sites excluding steroid dienone is 2. The van der Waals surface area contributed by atoms with Crippen LogP contribution in [0.3, 0.4) is 0 Å². The van der Waals surface area contributed by atoms with Crippen LogP contribution in [-0.2, 0) is 27.3 Å². The molecule has 0 aliphatic carbocycles. The maximum atomic E-state index is 11.8. The second kappa shape index (κ2) is 56.2. The molecule has 1 aliphatic rings. The summed E-state index contributed by atoms with van der Waals surface area (Å²) in [5, 5.41) is 2.87. The second-order valence-corrected chi connectivity index (χ2v) is 26.5. The van der Waals surface area contributed by atoms with E-state index in [0.717, 1.165) is 48.2 Å². The van der Waals surface area contributed by atoms with Crippen LogP contribution in [0.1, 0.15) is 391 Å². The Morgan fingerprint density at radius 1 is 0.287 bits per heavy atom. The van der Waals surface area contributed by atoms with Crippen molar-refractivity contribution in [2.24, 2.45) is 0 Å². The van der Waals surface area contributed by atoms with E-state index in [-0.39, 0.29) is 0 Å². The molecule has 3 heteroatoms. The molecule has 0 radical (unpaired) electrons. The Morgan fingerprint density at radius 3 is 0.938 bits per heavy atom. The first kappa shape index (κ1) is 74.1. The third kappa shape index (κ3) is 38.8. The molecule has 0 unspecified atom stereocenters. The van der Waals surface area contributed by atoms with E-state index < -0.39 is 0 Å². The van der Waals surface area contributed by atoms with Gasteiger partial charge in [0.15, 0.2) is 0 Å². The first-order valence-corrected chi connectivity index (χ1v) is 37.5. The van der Waals surface area contributed by atoms with Gasteiger partial charge in [-0.2, -0.15) is 0 Å². The number of hydrogen-bond acceptors (Lipinski definition) is 0. The molecule has 1 heterocycles. The number of nitrogens with zero attached hydrogens (tertiary/aromatic N) is 2. The molecule has 0 saturated carbocycles. The van der Waals surface area contributed by atoms with E-state index in [1.165, 1.54) is 352 Å². The first-order chi connectivity index (χ1) is 39.6. The summed E-state index contributed by atoms with van der Waals surface area (Å²) >= 11 is 2.05. The number of benzene rings is 2. The molecule has 2 nitrogen and oxygen atoms in total. The van der Waals surface area contributed by atoms with Gasteiger partial charge in [-0.05, 0) is 80.3 Å². The van der Waals surface area contributed by atoms with E-state index >= 15 is 0 Å². The summed E-state index contributed by atoms with van der Waals surface area (Å²) in [6.07, 6.45) is 74.3. The molecule has 3 rings (SSSR count). The zero-order chi connectivity index (χ0) is 57.5. The van der Waals surface area contributed by atoms with Crippen molar-refractivity contribution in [3.05, 3.63) is 87.5 Å². The Kier molecular flexibility index (Phi) is 52.0. The van der Waals surface area contributed by atoms with E-state index in [1.54, 1.807) is 0 Å². The van der Waals surface area contributed by atoms with Gasteiger partial charge in [-0.3, -0.25) is 0 Å². The molecular formula is C77H136N2Ni. The van der Waals surface area contributed by atoms with Crippen LogP contribution in [0.25, 0.3) is 16.9 Å². The number of hydrogen-bond donors (Lipinski definition) is 0.